The summed E-state index contributed by atoms with van der Waals surface area (Å²) in [5.74, 6) is -0.966. The maximum atomic E-state index is 11.4. The van der Waals surface area contributed by atoms with E-state index >= 15 is 0 Å². The Balaban J connectivity index is 0.000000597. The second kappa shape index (κ2) is 17.0. The number of benzene rings is 2. The van der Waals surface area contributed by atoms with Gasteiger partial charge in [-0.15, -0.1) is 0 Å². The Labute approximate surface area is 236 Å². The van der Waals surface area contributed by atoms with Gasteiger partial charge in [-0.1, -0.05) is 63.1 Å². The molecule has 2 rings (SSSR count). The number of hydrogen-bond acceptors (Lipinski definition) is 10. The van der Waals surface area contributed by atoms with Crippen molar-refractivity contribution in [3.8, 4) is 0 Å². The smallest absolute Gasteiger partial charge is 0.323 e. The summed E-state index contributed by atoms with van der Waals surface area (Å²) in [6, 6.07) is 10.7. The van der Waals surface area contributed by atoms with Gasteiger partial charge >= 0.3 is 11.9 Å². The maximum Gasteiger partial charge on any atom is 0.323 e. The van der Waals surface area contributed by atoms with Gasteiger partial charge in [-0.2, -0.15) is 16.8 Å². The molecular weight excluding hydrogens is 564 g/mol. The van der Waals surface area contributed by atoms with Crippen molar-refractivity contribution in [1.82, 2.24) is 0 Å². The summed E-state index contributed by atoms with van der Waals surface area (Å²) in [6.45, 7) is 11.0. The van der Waals surface area contributed by atoms with E-state index in [1.54, 1.807) is 24.3 Å². The molecule has 14 heteroatoms. The lowest BCUT2D eigenvalue weighted by atomic mass is 10.1. The second-order valence-corrected chi connectivity index (χ2v) is 12.3. The zero-order chi connectivity index (χ0) is 31.3. The Bertz CT molecular complexity index is 1170. The molecule has 0 spiro atoms. The highest BCUT2D eigenvalue weighted by Crippen LogP contribution is 2.09. The summed E-state index contributed by atoms with van der Waals surface area (Å²) in [5, 5.41) is 0. The molecular formula is C26H40N2O10S2. The number of esters is 2. The van der Waals surface area contributed by atoms with Crippen LogP contribution in [0.1, 0.15) is 38.8 Å². The minimum absolute atomic E-state index is 0.00416. The molecule has 2 atom stereocenters. The molecule has 0 unspecified atom stereocenters. The molecule has 12 nitrogen and oxygen atoms in total. The fourth-order valence-electron chi connectivity index (χ4n) is 2.44. The Kier molecular flexibility index (Phi) is 15.8. The molecule has 0 aliphatic rings. The van der Waals surface area contributed by atoms with Crippen LogP contribution in [0.4, 0.5) is 0 Å². The average molecular weight is 605 g/mol. The van der Waals surface area contributed by atoms with Crippen LogP contribution in [0.3, 0.4) is 0 Å². The lowest BCUT2D eigenvalue weighted by Gasteiger charge is -2.16. The summed E-state index contributed by atoms with van der Waals surface area (Å²) in [4.78, 5) is 22.6. The quantitative estimate of drug-likeness (QED) is 0.185. The van der Waals surface area contributed by atoms with E-state index in [9.17, 15) is 26.4 Å². The number of ether oxygens (including phenoxy) is 2. The standard InChI is InChI=1S/C12H24N2O4.2C7H8O3S/c1-7(2)9(13)11(15)17-5-6-18-12(16)10(14)8(3)4;2*1-6-2-4-7(5-3-6)11(8,9)10/h7-10H,5-6,13-14H2,1-4H3;2*2-5H,1H3,(H,8,9,10)/t9-,10-;;/m0../s1. The first kappa shape index (κ1) is 37.1. The first-order chi connectivity index (χ1) is 18.3. The third-order valence-corrected chi connectivity index (χ3v) is 6.93. The predicted octanol–water partition coefficient (Wildman–Crippen LogP) is 2.52. The zero-order valence-corrected chi connectivity index (χ0v) is 25.1. The largest absolute Gasteiger partial charge is 0.461 e. The topological polar surface area (TPSA) is 213 Å². The molecule has 0 aliphatic heterocycles. The Morgan fingerprint density at radius 2 is 0.900 bits per heavy atom. The van der Waals surface area contributed by atoms with E-state index in [0.29, 0.717) is 0 Å². The SMILES string of the molecule is CC(C)[C@H](N)C(=O)OCCOC(=O)[C@@H](N)C(C)C.Cc1ccc(S(=O)(=O)O)cc1.Cc1ccc(S(=O)(=O)O)cc1. The van der Waals surface area contributed by atoms with Gasteiger partial charge in [-0.3, -0.25) is 18.7 Å². The van der Waals surface area contributed by atoms with Crippen LogP contribution in [-0.4, -0.2) is 63.2 Å². The maximum absolute atomic E-state index is 11.4. The highest BCUT2D eigenvalue weighted by molar-refractivity contribution is 7.86. The van der Waals surface area contributed by atoms with Crippen molar-refractivity contribution in [2.24, 2.45) is 23.3 Å². The van der Waals surface area contributed by atoms with Gasteiger partial charge in [0.2, 0.25) is 0 Å². The lowest BCUT2D eigenvalue weighted by Crippen LogP contribution is -2.39. The van der Waals surface area contributed by atoms with Crippen molar-refractivity contribution < 1.29 is 45.0 Å². The molecule has 0 heterocycles. The first-order valence-corrected chi connectivity index (χ1v) is 15.1. The molecule has 0 bridgehead atoms. The summed E-state index contributed by atoms with van der Waals surface area (Å²) in [7, 11) is -8.04. The molecule has 0 saturated carbocycles. The molecule has 0 aromatic heterocycles. The predicted molar refractivity (Wildman–Crippen MR) is 150 cm³/mol. The van der Waals surface area contributed by atoms with E-state index in [0.717, 1.165) is 11.1 Å². The lowest BCUT2D eigenvalue weighted by molar-refractivity contribution is -0.155. The van der Waals surface area contributed by atoms with Crippen LogP contribution >= 0.6 is 0 Å². The number of rotatable bonds is 9. The molecule has 2 aromatic carbocycles. The highest BCUT2D eigenvalue weighted by atomic mass is 32.2. The fourth-order valence-corrected chi connectivity index (χ4v) is 3.40. The van der Waals surface area contributed by atoms with Crippen molar-refractivity contribution >= 4 is 32.2 Å². The molecule has 0 aliphatic carbocycles. The molecule has 0 amide bonds. The molecule has 0 fully saturated rings. The van der Waals surface area contributed by atoms with Crippen molar-refractivity contribution in [1.29, 1.82) is 0 Å². The Morgan fingerprint density at radius 1 is 0.650 bits per heavy atom. The van der Waals surface area contributed by atoms with E-state index in [1.807, 2.05) is 41.5 Å². The number of carbonyl (C=O) groups is 2. The third kappa shape index (κ3) is 15.1. The first-order valence-electron chi connectivity index (χ1n) is 12.2. The fraction of sp³-hybridized carbons (Fsp3) is 0.462. The van der Waals surface area contributed by atoms with Crippen molar-refractivity contribution in [2.75, 3.05) is 13.2 Å². The van der Waals surface area contributed by atoms with Gasteiger partial charge in [-0.05, 0) is 49.9 Å². The molecule has 40 heavy (non-hydrogen) atoms. The summed E-state index contributed by atoms with van der Waals surface area (Å²) >= 11 is 0. The van der Waals surface area contributed by atoms with Crippen LogP contribution in [0, 0.1) is 25.7 Å². The summed E-state index contributed by atoms with van der Waals surface area (Å²) in [5.41, 5.74) is 13.1. The van der Waals surface area contributed by atoms with Crippen LogP contribution < -0.4 is 11.5 Å². The van der Waals surface area contributed by atoms with Gasteiger partial charge in [0.15, 0.2) is 0 Å². The van der Waals surface area contributed by atoms with Crippen molar-refractivity contribution in [3.05, 3.63) is 59.7 Å². The minimum Gasteiger partial charge on any atom is -0.461 e. The molecule has 0 saturated heterocycles. The number of nitrogens with two attached hydrogens (primary N) is 2. The van der Waals surface area contributed by atoms with Crippen LogP contribution in [0.5, 0.6) is 0 Å². The van der Waals surface area contributed by atoms with E-state index in [4.69, 9.17) is 30.0 Å². The minimum atomic E-state index is -4.02. The van der Waals surface area contributed by atoms with E-state index in [2.05, 4.69) is 0 Å². The van der Waals surface area contributed by atoms with Crippen molar-refractivity contribution in [3.63, 3.8) is 0 Å². The van der Waals surface area contributed by atoms with Crippen LogP contribution in [0.25, 0.3) is 0 Å². The van der Waals surface area contributed by atoms with Gasteiger partial charge < -0.3 is 20.9 Å². The summed E-state index contributed by atoms with van der Waals surface area (Å²) < 4.78 is 68.9. The number of carbonyl (C=O) groups excluding carboxylic acids is 2. The van der Waals surface area contributed by atoms with Crippen LogP contribution in [-0.2, 0) is 39.3 Å². The van der Waals surface area contributed by atoms with Gasteiger partial charge in [0.05, 0.1) is 9.79 Å². The Morgan fingerprint density at radius 3 is 1.10 bits per heavy atom. The normalized spacial score (nSPS) is 12.8. The average Bonchev–Trinajstić information content (AvgIpc) is 2.85. The van der Waals surface area contributed by atoms with Gasteiger partial charge in [0.25, 0.3) is 20.2 Å². The Hall–Kier alpha value is -2.88. The van der Waals surface area contributed by atoms with E-state index in [1.165, 1.54) is 24.3 Å². The molecule has 2 aromatic rings. The number of aryl methyl sites for hydroxylation is 2. The molecule has 226 valence electrons. The third-order valence-electron chi connectivity index (χ3n) is 5.19. The van der Waals surface area contributed by atoms with Gasteiger partial charge in [0.1, 0.15) is 25.3 Å². The highest BCUT2D eigenvalue weighted by Gasteiger charge is 2.20. The molecule has 6 N–H and O–H groups in total. The van der Waals surface area contributed by atoms with Gasteiger partial charge in [-0.25, -0.2) is 0 Å². The molecule has 0 radical (unpaired) electrons. The number of hydrogen-bond donors (Lipinski definition) is 4. The van der Waals surface area contributed by atoms with E-state index in [-0.39, 0.29) is 34.8 Å². The van der Waals surface area contributed by atoms with Gasteiger partial charge in [0, 0.05) is 0 Å². The van der Waals surface area contributed by atoms with Crippen LogP contribution in [0.2, 0.25) is 0 Å². The monoisotopic (exact) mass is 604 g/mol. The summed E-state index contributed by atoms with van der Waals surface area (Å²) in [6.07, 6.45) is 0. The second-order valence-electron chi connectivity index (χ2n) is 9.45. The van der Waals surface area contributed by atoms with Crippen molar-refractivity contribution in [2.45, 2.75) is 63.4 Å². The van der Waals surface area contributed by atoms with E-state index < -0.39 is 44.3 Å². The van der Waals surface area contributed by atoms with Crippen LogP contribution in [0.15, 0.2) is 58.3 Å². The zero-order valence-electron chi connectivity index (χ0n) is 23.5.